The number of amides is 1. The first-order valence-electron chi connectivity index (χ1n) is 7.03. The molecule has 2 aromatic rings. The molecule has 25 heavy (non-hydrogen) atoms. The highest BCUT2D eigenvalue weighted by atomic mass is 35.5. The van der Waals surface area contributed by atoms with Crippen LogP contribution in [0.25, 0.3) is 6.08 Å². The number of nitro groups is 1. The first-order valence-corrected chi connectivity index (χ1v) is 7.41. The van der Waals surface area contributed by atoms with E-state index in [-0.39, 0.29) is 22.7 Å². The van der Waals surface area contributed by atoms with E-state index in [9.17, 15) is 20.0 Å². The first-order chi connectivity index (χ1) is 11.9. The molecule has 8 heteroatoms. The van der Waals surface area contributed by atoms with Crippen molar-refractivity contribution in [2.75, 3.05) is 0 Å². The molecule has 0 atom stereocenters. The number of benzene rings is 2. The van der Waals surface area contributed by atoms with E-state index in [0.29, 0.717) is 0 Å². The minimum Gasteiger partial charge on any atom is -0.502 e. The summed E-state index contributed by atoms with van der Waals surface area (Å²) in [7, 11) is 0. The molecule has 0 bridgehead atoms. The van der Waals surface area contributed by atoms with Crippen molar-refractivity contribution in [3.63, 3.8) is 0 Å². The van der Waals surface area contributed by atoms with Crippen LogP contribution in [0.15, 0.2) is 48.0 Å². The van der Waals surface area contributed by atoms with E-state index >= 15 is 0 Å². The smallest absolute Gasteiger partial charge is 0.312 e. The second-order valence-electron chi connectivity index (χ2n) is 4.96. The Hall–Kier alpha value is -3.37. The van der Waals surface area contributed by atoms with Crippen LogP contribution in [0.4, 0.5) is 5.69 Å². The highest BCUT2D eigenvalue weighted by molar-refractivity contribution is 6.31. The van der Waals surface area contributed by atoms with Crippen molar-refractivity contribution in [3.8, 4) is 11.8 Å². The molecule has 0 fully saturated rings. The zero-order valence-electron chi connectivity index (χ0n) is 12.8. The summed E-state index contributed by atoms with van der Waals surface area (Å²) in [5.41, 5.74) is -0.177. The fraction of sp³-hybridized carbons (Fsp3) is 0.0588. The van der Waals surface area contributed by atoms with E-state index in [4.69, 9.17) is 16.9 Å². The second-order valence-corrected chi connectivity index (χ2v) is 5.39. The SMILES string of the molecule is N#C/C(=C/c1cc(Cl)cc([N+](=O)[O-])c1O)C(=O)NCc1ccccc1. The Morgan fingerprint density at radius 2 is 2.04 bits per heavy atom. The van der Waals surface area contributed by atoms with Gasteiger partial charge < -0.3 is 10.4 Å². The van der Waals surface area contributed by atoms with Gasteiger partial charge in [0.15, 0.2) is 0 Å². The van der Waals surface area contributed by atoms with Gasteiger partial charge >= 0.3 is 5.69 Å². The molecule has 0 aliphatic carbocycles. The third kappa shape index (κ3) is 4.56. The third-order valence-electron chi connectivity index (χ3n) is 3.24. The van der Waals surface area contributed by atoms with Gasteiger partial charge in [0.05, 0.1) is 4.92 Å². The number of phenolic OH excluding ortho intramolecular Hbond substituents is 1. The quantitative estimate of drug-likeness (QED) is 0.369. The number of nitro benzene ring substituents is 1. The van der Waals surface area contributed by atoms with Crippen LogP contribution in [0.2, 0.25) is 5.02 Å². The van der Waals surface area contributed by atoms with Gasteiger partial charge in [-0.05, 0) is 17.7 Å². The molecule has 0 heterocycles. The predicted molar refractivity (Wildman–Crippen MR) is 91.6 cm³/mol. The van der Waals surface area contributed by atoms with Crippen molar-refractivity contribution < 1.29 is 14.8 Å². The average molecular weight is 358 g/mol. The van der Waals surface area contributed by atoms with E-state index in [2.05, 4.69) is 5.32 Å². The number of carbonyl (C=O) groups is 1. The van der Waals surface area contributed by atoms with Crippen molar-refractivity contribution in [2.45, 2.75) is 6.54 Å². The normalized spacial score (nSPS) is 10.8. The van der Waals surface area contributed by atoms with Crippen LogP contribution < -0.4 is 5.32 Å². The largest absolute Gasteiger partial charge is 0.502 e. The van der Waals surface area contributed by atoms with E-state index < -0.39 is 22.3 Å². The zero-order valence-corrected chi connectivity index (χ0v) is 13.5. The summed E-state index contributed by atoms with van der Waals surface area (Å²) in [6.07, 6.45) is 1.05. The fourth-order valence-corrected chi connectivity index (χ4v) is 2.25. The molecule has 2 N–H and O–H groups in total. The summed E-state index contributed by atoms with van der Waals surface area (Å²) in [6, 6.07) is 13.0. The molecule has 0 saturated heterocycles. The minimum absolute atomic E-state index is 0.00210. The van der Waals surface area contributed by atoms with Crippen molar-refractivity contribution >= 4 is 29.3 Å². The molecule has 2 aromatic carbocycles. The molecule has 2 rings (SSSR count). The van der Waals surface area contributed by atoms with Crippen molar-refractivity contribution in [3.05, 3.63) is 74.3 Å². The maximum Gasteiger partial charge on any atom is 0.312 e. The molecule has 126 valence electrons. The van der Waals surface area contributed by atoms with Gasteiger partial charge in [0.2, 0.25) is 5.75 Å². The number of nitriles is 1. The van der Waals surface area contributed by atoms with Crippen LogP contribution in [-0.2, 0) is 11.3 Å². The third-order valence-corrected chi connectivity index (χ3v) is 3.46. The molecular weight excluding hydrogens is 346 g/mol. The molecule has 0 spiro atoms. The number of halogens is 1. The summed E-state index contributed by atoms with van der Waals surface area (Å²) >= 11 is 5.79. The number of rotatable bonds is 5. The van der Waals surface area contributed by atoms with Crippen LogP contribution in [0.1, 0.15) is 11.1 Å². The van der Waals surface area contributed by atoms with Gasteiger partial charge in [-0.2, -0.15) is 5.26 Å². The molecule has 0 aliphatic rings. The molecular formula is C17H12ClN3O4. The monoisotopic (exact) mass is 357 g/mol. The molecule has 0 unspecified atom stereocenters. The summed E-state index contributed by atoms with van der Waals surface area (Å²) in [6.45, 7) is 0.209. The number of carbonyl (C=O) groups excluding carboxylic acids is 1. The summed E-state index contributed by atoms with van der Waals surface area (Å²) in [5.74, 6) is -1.34. The Kier molecular flexibility index (Phi) is 5.71. The lowest BCUT2D eigenvalue weighted by Crippen LogP contribution is -2.23. The number of hydrogen-bond acceptors (Lipinski definition) is 5. The number of phenols is 1. The molecule has 0 saturated carbocycles. The van der Waals surface area contributed by atoms with Crippen LogP contribution in [0.3, 0.4) is 0 Å². The fourth-order valence-electron chi connectivity index (χ4n) is 2.03. The molecule has 0 radical (unpaired) electrons. The van der Waals surface area contributed by atoms with Gasteiger partial charge in [-0.3, -0.25) is 14.9 Å². The number of aromatic hydroxyl groups is 1. The Bertz CT molecular complexity index is 889. The van der Waals surface area contributed by atoms with Crippen LogP contribution in [0, 0.1) is 21.4 Å². The highest BCUT2D eigenvalue weighted by Gasteiger charge is 2.19. The topological polar surface area (TPSA) is 116 Å². The molecule has 7 nitrogen and oxygen atoms in total. The standard InChI is InChI=1S/C17H12ClN3O4/c18-14-7-12(16(22)15(8-14)21(24)25)6-13(9-19)17(23)20-10-11-4-2-1-3-5-11/h1-8,22H,10H2,(H,20,23)/b13-6-. The Morgan fingerprint density at radius 3 is 2.64 bits per heavy atom. The molecule has 1 amide bonds. The average Bonchev–Trinajstić information content (AvgIpc) is 2.60. The van der Waals surface area contributed by atoms with E-state index in [1.165, 1.54) is 6.07 Å². The minimum atomic E-state index is -0.805. The van der Waals surface area contributed by atoms with Crippen LogP contribution in [0.5, 0.6) is 5.75 Å². The van der Waals surface area contributed by atoms with Crippen molar-refractivity contribution in [1.29, 1.82) is 5.26 Å². The maximum atomic E-state index is 12.1. The van der Waals surface area contributed by atoms with Crippen molar-refractivity contribution in [2.24, 2.45) is 0 Å². The van der Waals surface area contributed by atoms with Gasteiger partial charge in [-0.25, -0.2) is 0 Å². The Balaban J connectivity index is 2.27. The first kappa shape index (κ1) is 18.0. The lowest BCUT2D eigenvalue weighted by Gasteiger charge is -2.06. The maximum absolute atomic E-state index is 12.1. The Morgan fingerprint density at radius 1 is 1.36 bits per heavy atom. The summed E-state index contributed by atoms with van der Waals surface area (Å²) in [5, 5.41) is 32.6. The van der Waals surface area contributed by atoms with Crippen molar-refractivity contribution in [1.82, 2.24) is 5.32 Å². The Labute approximate surface area is 147 Å². The van der Waals surface area contributed by atoms with E-state index in [0.717, 1.165) is 17.7 Å². The van der Waals surface area contributed by atoms with Gasteiger partial charge in [0, 0.05) is 23.2 Å². The summed E-state index contributed by atoms with van der Waals surface area (Å²) in [4.78, 5) is 22.2. The summed E-state index contributed by atoms with van der Waals surface area (Å²) < 4.78 is 0. The number of nitrogens with zero attached hydrogens (tertiary/aromatic N) is 2. The second kappa shape index (κ2) is 7.95. The number of hydrogen-bond donors (Lipinski definition) is 2. The van der Waals surface area contributed by atoms with E-state index in [1.807, 2.05) is 30.3 Å². The van der Waals surface area contributed by atoms with Gasteiger partial charge in [0.25, 0.3) is 5.91 Å². The number of nitrogens with one attached hydrogen (secondary N) is 1. The molecule has 0 aromatic heterocycles. The lowest BCUT2D eigenvalue weighted by molar-refractivity contribution is -0.385. The van der Waals surface area contributed by atoms with E-state index in [1.54, 1.807) is 6.07 Å². The highest BCUT2D eigenvalue weighted by Crippen LogP contribution is 2.34. The van der Waals surface area contributed by atoms with Gasteiger partial charge in [-0.15, -0.1) is 0 Å². The van der Waals surface area contributed by atoms with Crippen LogP contribution >= 0.6 is 11.6 Å². The van der Waals surface area contributed by atoms with Gasteiger partial charge in [0.1, 0.15) is 11.6 Å². The van der Waals surface area contributed by atoms with Gasteiger partial charge in [-0.1, -0.05) is 41.9 Å². The van der Waals surface area contributed by atoms with Crippen LogP contribution in [-0.4, -0.2) is 15.9 Å². The molecule has 0 aliphatic heterocycles. The lowest BCUT2D eigenvalue weighted by atomic mass is 10.1. The predicted octanol–water partition coefficient (Wildman–Crippen LogP) is 3.18. The zero-order chi connectivity index (χ0) is 18.4.